The molecule has 0 fully saturated rings. The highest BCUT2D eigenvalue weighted by Crippen LogP contribution is 2.25. The Morgan fingerprint density at radius 2 is 1.77 bits per heavy atom. The van der Waals surface area contributed by atoms with Crippen molar-refractivity contribution in [2.75, 3.05) is 26.1 Å². The standard InChI is InChI=1S/C20H20N3O3/c1-25-17-8-6-14(7-9-17)10-11-21-19-13-18(22-20(23-19)26-2)15-4-3-5-16(24)12-15/h3-9,12-13H,10-11H2,1-2H3,(H,21,22,23). The minimum absolute atomic E-state index is 0.0610. The summed E-state index contributed by atoms with van der Waals surface area (Å²) in [6, 6.07) is 16.6. The number of methoxy groups -OCH3 is 2. The van der Waals surface area contributed by atoms with Gasteiger partial charge in [-0.25, -0.2) is 0 Å². The number of hydrogen-bond donors (Lipinski definition) is 1. The zero-order chi connectivity index (χ0) is 18.4. The van der Waals surface area contributed by atoms with Gasteiger partial charge in [-0.2, -0.15) is 9.97 Å². The maximum atomic E-state index is 11.6. The van der Waals surface area contributed by atoms with E-state index in [1.807, 2.05) is 36.4 Å². The van der Waals surface area contributed by atoms with Crippen LogP contribution in [-0.4, -0.2) is 30.7 Å². The Morgan fingerprint density at radius 1 is 0.962 bits per heavy atom. The fraction of sp³-hybridized carbons (Fsp3) is 0.200. The molecule has 6 nitrogen and oxygen atoms in total. The topological polar surface area (TPSA) is 76.2 Å². The third kappa shape index (κ3) is 4.42. The van der Waals surface area contributed by atoms with Crippen molar-refractivity contribution in [1.82, 2.24) is 9.97 Å². The van der Waals surface area contributed by atoms with Crippen LogP contribution in [0.25, 0.3) is 11.3 Å². The molecule has 1 radical (unpaired) electrons. The fourth-order valence-electron chi connectivity index (χ4n) is 2.54. The van der Waals surface area contributed by atoms with Crippen molar-refractivity contribution in [3.8, 4) is 28.8 Å². The minimum Gasteiger partial charge on any atom is -0.497 e. The van der Waals surface area contributed by atoms with Crippen molar-refractivity contribution >= 4 is 5.82 Å². The molecular weight excluding hydrogens is 330 g/mol. The molecule has 0 unspecified atom stereocenters. The molecule has 6 heteroatoms. The lowest BCUT2D eigenvalue weighted by Crippen LogP contribution is -2.08. The maximum absolute atomic E-state index is 11.6. The zero-order valence-electron chi connectivity index (χ0n) is 14.7. The Bertz CT molecular complexity index is 866. The zero-order valence-corrected chi connectivity index (χ0v) is 14.7. The van der Waals surface area contributed by atoms with Gasteiger partial charge in [0.2, 0.25) is 0 Å². The molecule has 1 N–H and O–H groups in total. The van der Waals surface area contributed by atoms with Crippen LogP contribution >= 0.6 is 0 Å². The Balaban J connectivity index is 1.71. The summed E-state index contributed by atoms with van der Waals surface area (Å²) in [5.74, 6) is 1.43. The van der Waals surface area contributed by atoms with Crippen molar-refractivity contribution in [3.63, 3.8) is 0 Å². The van der Waals surface area contributed by atoms with E-state index in [2.05, 4.69) is 15.3 Å². The van der Waals surface area contributed by atoms with Crippen molar-refractivity contribution in [2.45, 2.75) is 6.42 Å². The van der Waals surface area contributed by atoms with Gasteiger partial charge in [-0.05, 0) is 36.2 Å². The molecule has 0 aliphatic rings. The lowest BCUT2D eigenvalue weighted by molar-refractivity contribution is 0.355. The molecule has 0 atom stereocenters. The summed E-state index contributed by atoms with van der Waals surface area (Å²) in [6.07, 6.45) is 0.835. The van der Waals surface area contributed by atoms with E-state index in [0.29, 0.717) is 18.1 Å². The molecule has 133 valence electrons. The lowest BCUT2D eigenvalue weighted by Gasteiger charge is -2.10. The fourth-order valence-corrected chi connectivity index (χ4v) is 2.54. The summed E-state index contributed by atoms with van der Waals surface area (Å²) < 4.78 is 10.3. The first-order valence-corrected chi connectivity index (χ1v) is 8.25. The molecule has 0 spiro atoms. The number of hydrogen-bond acceptors (Lipinski definition) is 5. The number of nitrogens with zero attached hydrogens (tertiary/aromatic N) is 2. The summed E-state index contributed by atoms with van der Waals surface area (Å²) in [5, 5.41) is 14.9. The van der Waals surface area contributed by atoms with Gasteiger partial charge in [0, 0.05) is 18.2 Å². The Labute approximate surface area is 152 Å². The molecule has 0 aliphatic heterocycles. The summed E-state index contributed by atoms with van der Waals surface area (Å²) in [4.78, 5) is 8.64. The molecule has 0 saturated carbocycles. The van der Waals surface area contributed by atoms with Gasteiger partial charge in [0.15, 0.2) is 5.75 Å². The normalized spacial score (nSPS) is 10.4. The van der Waals surface area contributed by atoms with Crippen LogP contribution < -0.4 is 14.8 Å². The molecule has 3 rings (SSSR count). The molecule has 26 heavy (non-hydrogen) atoms. The maximum Gasteiger partial charge on any atom is 0.318 e. The van der Waals surface area contributed by atoms with E-state index >= 15 is 0 Å². The molecule has 0 amide bonds. The monoisotopic (exact) mass is 350 g/mol. The quantitative estimate of drug-likeness (QED) is 0.698. The molecule has 3 aromatic rings. The van der Waals surface area contributed by atoms with Gasteiger partial charge >= 0.3 is 6.01 Å². The second kappa shape index (κ2) is 8.20. The number of benzene rings is 2. The van der Waals surface area contributed by atoms with Crippen LogP contribution in [0.1, 0.15) is 5.56 Å². The van der Waals surface area contributed by atoms with Crippen molar-refractivity contribution in [2.24, 2.45) is 0 Å². The van der Waals surface area contributed by atoms with Crippen molar-refractivity contribution < 1.29 is 14.6 Å². The summed E-state index contributed by atoms with van der Waals surface area (Å²) in [5.41, 5.74) is 2.57. The Hall–Kier alpha value is -3.28. The third-order valence-electron chi connectivity index (χ3n) is 3.90. The highest BCUT2D eigenvalue weighted by Gasteiger charge is 2.08. The van der Waals surface area contributed by atoms with Crippen LogP contribution in [0.3, 0.4) is 0 Å². The number of ether oxygens (including phenoxy) is 2. The molecule has 1 heterocycles. The van der Waals surface area contributed by atoms with Gasteiger partial charge in [-0.3, -0.25) is 5.11 Å². The molecule has 2 aromatic carbocycles. The van der Waals surface area contributed by atoms with Gasteiger partial charge in [-0.1, -0.05) is 24.3 Å². The van der Waals surface area contributed by atoms with Crippen LogP contribution in [0, 0.1) is 0 Å². The molecule has 0 saturated heterocycles. The molecule has 0 bridgehead atoms. The summed E-state index contributed by atoms with van der Waals surface area (Å²) >= 11 is 0. The van der Waals surface area contributed by atoms with E-state index in [9.17, 15) is 5.11 Å². The largest absolute Gasteiger partial charge is 0.497 e. The second-order valence-electron chi connectivity index (χ2n) is 5.68. The number of aromatic nitrogens is 2. The van der Waals surface area contributed by atoms with Crippen LogP contribution in [0.15, 0.2) is 54.6 Å². The van der Waals surface area contributed by atoms with Crippen molar-refractivity contribution in [3.05, 3.63) is 60.2 Å². The van der Waals surface area contributed by atoms with Gasteiger partial charge in [0.05, 0.1) is 19.9 Å². The lowest BCUT2D eigenvalue weighted by atomic mass is 10.1. The number of rotatable bonds is 7. The van der Waals surface area contributed by atoms with E-state index in [4.69, 9.17) is 9.47 Å². The predicted molar refractivity (Wildman–Crippen MR) is 99.3 cm³/mol. The predicted octanol–water partition coefficient (Wildman–Crippen LogP) is 3.96. The number of nitrogens with one attached hydrogen (secondary N) is 1. The molecule has 0 aliphatic carbocycles. The highest BCUT2D eigenvalue weighted by atomic mass is 16.5. The van der Waals surface area contributed by atoms with Crippen LogP contribution in [0.4, 0.5) is 5.82 Å². The van der Waals surface area contributed by atoms with E-state index in [1.54, 1.807) is 19.2 Å². The first-order chi connectivity index (χ1) is 12.7. The van der Waals surface area contributed by atoms with E-state index in [-0.39, 0.29) is 11.8 Å². The Morgan fingerprint density at radius 3 is 2.46 bits per heavy atom. The molecule has 1 aromatic heterocycles. The SMILES string of the molecule is COc1ccc(CCNc2cc(-c3cccc([O])c3)nc(OC)n2)cc1. The highest BCUT2D eigenvalue weighted by molar-refractivity contribution is 5.64. The second-order valence-corrected chi connectivity index (χ2v) is 5.68. The Kier molecular flexibility index (Phi) is 5.53. The third-order valence-corrected chi connectivity index (χ3v) is 3.90. The summed E-state index contributed by atoms with van der Waals surface area (Å²) in [6.45, 7) is 0.702. The first-order valence-electron chi connectivity index (χ1n) is 8.25. The number of anilines is 1. The van der Waals surface area contributed by atoms with Gasteiger partial charge in [0.1, 0.15) is 11.6 Å². The van der Waals surface area contributed by atoms with Crippen LogP contribution in [-0.2, 0) is 11.5 Å². The van der Waals surface area contributed by atoms with Crippen LogP contribution in [0.2, 0.25) is 0 Å². The average molecular weight is 350 g/mol. The van der Waals surface area contributed by atoms with Crippen LogP contribution in [0.5, 0.6) is 17.5 Å². The summed E-state index contributed by atoms with van der Waals surface area (Å²) in [7, 11) is 3.17. The van der Waals surface area contributed by atoms with E-state index in [0.717, 1.165) is 17.7 Å². The van der Waals surface area contributed by atoms with E-state index < -0.39 is 0 Å². The van der Waals surface area contributed by atoms with Gasteiger partial charge in [0.25, 0.3) is 0 Å². The van der Waals surface area contributed by atoms with E-state index in [1.165, 1.54) is 18.7 Å². The smallest absolute Gasteiger partial charge is 0.318 e. The first kappa shape index (κ1) is 17.5. The average Bonchev–Trinajstić information content (AvgIpc) is 2.68. The van der Waals surface area contributed by atoms with Gasteiger partial charge in [-0.15, -0.1) is 0 Å². The van der Waals surface area contributed by atoms with Crippen molar-refractivity contribution in [1.29, 1.82) is 0 Å². The molecular formula is C20H20N3O3. The van der Waals surface area contributed by atoms with Gasteiger partial charge < -0.3 is 14.8 Å². The minimum atomic E-state index is -0.0610.